The summed E-state index contributed by atoms with van der Waals surface area (Å²) in [5, 5.41) is 15.5. The minimum atomic E-state index is -0.0778. The van der Waals surface area contributed by atoms with E-state index in [1.165, 1.54) is 16.3 Å². The predicted octanol–water partition coefficient (Wildman–Crippen LogP) is 2.49. The zero-order valence-corrected chi connectivity index (χ0v) is 11.0. The number of aliphatic hydroxyl groups is 1. The largest absolute Gasteiger partial charge is 0.393 e. The quantitative estimate of drug-likeness (QED) is 0.883. The van der Waals surface area contributed by atoms with Crippen LogP contribution in [-0.2, 0) is 6.54 Å². The van der Waals surface area contributed by atoms with Gasteiger partial charge in [0.25, 0.3) is 0 Å². The minimum Gasteiger partial charge on any atom is -0.393 e. The molecule has 1 aromatic carbocycles. The summed E-state index contributed by atoms with van der Waals surface area (Å²) in [6.07, 6.45) is 6.82. The maximum Gasteiger partial charge on any atom is 0.0543 e. The molecule has 1 fully saturated rings. The number of hydrogen-bond donors (Lipinski definition) is 2. The van der Waals surface area contributed by atoms with Gasteiger partial charge in [-0.1, -0.05) is 24.3 Å². The second kappa shape index (κ2) is 5.68. The van der Waals surface area contributed by atoms with Crippen molar-refractivity contribution in [2.75, 3.05) is 6.54 Å². The first-order valence-electron chi connectivity index (χ1n) is 7.03. The van der Waals surface area contributed by atoms with Crippen LogP contribution in [0.15, 0.2) is 36.7 Å². The van der Waals surface area contributed by atoms with Crippen LogP contribution in [0.25, 0.3) is 10.8 Å². The number of fused-ring (bicyclic) bond motifs is 1. The fourth-order valence-electron chi connectivity index (χ4n) is 2.96. The fraction of sp³-hybridized carbons (Fsp3) is 0.438. The van der Waals surface area contributed by atoms with Crippen LogP contribution in [0.1, 0.15) is 24.8 Å². The van der Waals surface area contributed by atoms with E-state index in [2.05, 4.69) is 28.5 Å². The summed E-state index contributed by atoms with van der Waals surface area (Å²) < 4.78 is 0. The summed E-state index contributed by atoms with van der Waals surface area (Å²) in [5.74, 6) is 0.623. The average Bonchev–Trinajstić information content (AvgIpc) is 2.85. The molecular weight excluding hydrogens is 236 g/mol. The monoisotopic (exact) mass is 256 g/mol. The van der Waals surface area contributed by atoms with Gasteiger partial charge in [0.2, 0.25) is 0 Å². The van der Waals surface area contributed by atoms with E-state index in [4.69, 9.17) is 0 Å². The Kier molecular flexibility index (Phi) is 3.76. The molecule has 2 atom stereocenters. The average molecular weight is 256 g/mol. The Labute approximate surface area is 113 Å². The zero-order valence-electron chi connectivity index (χ0n) is 11.0. The Morgan fingerprint density at radius 1 is 1.21 bits per heavy atom. The number of aliphatic hydroxyl groups excluding tert-OH is 1. The molecule has 1 aliphatic rings. The van der Waals surface area contributed by atoms with E-state index in [0.717, 1.165) is 32.4 Å². The molecule has 0 amide bonds. The Morgan fingerprint density at radius 3 is 2.95 bits per heavy atom. The van der Waals surface area contributed by atoms with E-state index in [1.807, 2.05) is 18.5 Å². The van der Waals surface area contributed by atoms with Crippen LogP contribution in [-0.4, -0.2) is 22.7 Å². The molecule has 100 valence electrons. The van der Waals surface area contributed by atoms with Crippen molar-refractivity contribution in [1.29, 1.82) is 0 Å². The SMILES string of the molecule is OC1CCC(CNCc2cncc3ccccc23)C1. The number of nitrogens with zero attached hydrogens (tertiary/aromatic N) is 1. The fourth-order valence-corrected chi connectivity index (χ4v) is 2.96. The lowest BCUT2D eigenvalue weighted by atomic mass is 10.1. The minimum absolute atomic E-state index is 0.0778. The van der Waals surface area contributed by atoms with Crippen molar-refractivity contribution in [3.8, 4) is 0 Å². The molecule has 0 aliphatic heterocycles. The first-order valence-corrected chi connectivity index (χ1v) is 7.03. The molecule has 3 nitrogen and oxygen atoms in total. The van der Waals surface area contributed by atoms with Crippen LogP contribution < -0.4 is 5.32 Å². The third-order valence-electron chi connectivity index (χ3n) is 4.01. The van der Waals surface area contributed by atoms with Gasteiger partial charge in [0.1, 0.15) is 0 Å². The molecule has 19 heavy (non-hydrogen) atoms. The standard InChI is InChI=1S/C16H20N2O/c19-15-6-5-12(7-15)8-17-10-14-11-18-9-13-3-1-2-4-16(13)14/h1-4,9,11-12,15,17,19H,5-8,10H2. The molecular formula is C16H20N2O. The summed E-state index contributed by atoms with van der Waals surface area (Å²) in [4.78, 5) is 4.30. The molecule has 0 spiro atoms. The number of hydrogen-bond acceptors (Lipinski definition) is 3. The Balaban J connectivity index is 1.62. The molecule has 1 saturated carbocycles. The van der Waals surface area contributed by atoms with Gasteiger partial charge >= 0.3 is 0 Å². The highest BCUT2D eigenvalue weighted by Gasteiger charge is 2.22. The second-order valence-electron chi connectivity index (χ2n) is 5.48. The molecule has 3 rings (SSSR count). The molecule has 0 radical (unpaired) electrons. The molecule has 1 aliphatic carbocycles. The van der Waals surface area contributed by atoms with E-state index >= 15 is 0 Å². The van der Waals surface area contributed by atoms with Crippen molar-refractivity contribution in [2.45, 2.75) is 31.9 Å². The van der Waals surface area contributed by atoms with Crippen molar-refractivity contribution in [3.63, 3.8) is 0 Å². The first kappa shape index (κ1) is 12.6. The lowest BCUT2D eigenvalue weighted by Crippen LogP contribution is -2.21. The van der Waals surface area contributed by atoms with E-state index < -0.39 is 0 Å². The van der Waals surface area contributed by atoms with Crippen LogP contribution >= 0.6 is 0 Å². The summed E-state index contributed by atoms with van der Waals surface area (Å²) in [6, 6.07) is 8.35. The summed E-state index contributed by atoms with van der Waals surface area (Å²) >= 11 is 0. The molecule has 2 N–H and O–H groups in total. The number of aromatic nitrogens is 1. The molecule has 1 heterocycles. The van der Waals surface area contributed by atoms with E-state index in [0.29, 0.717) is 5.92 Å². The number of rotatable bonds is 4. The van der Waals surface area contributed by atoms with Gasteiger partial charge in [0, 0.05) is 24.3 Å². The van der Waals surface area contributed by atoms with E-state index in [-0.39, 0.29) is 6.10 Å². The second-order valence-corrected chi connectivity index (χ2v) is 5.48. The molecule has 1 aromatic heterocycles. The number of benzene rings is 1. The molecule has 2 aromatic rings. The maximum atomic E-state index is 9.52. The topological polar surface area (TPSA) is 45.1 Å². The maximum absolute atomic E-state index is 9.52. The van der Waals surface area contributed by atoms with Gasteiger partial charge in [-0.2, -0.15) is 0 Å². The van der Waals surface area contributed by atoms with Gasteiger partial charge in [0.15, 0.2) is 0 Å². The lowest BCUT2D eigenvalue weighted by molar-refractivity contribution is 0.177. The first-order chi connectivity index (χ1) is 9.33. The van der Waals surface area contributed by atoms with Gasteiger partial charge < -0.3 is 10.4 Å². The van der Waals surface area contributed by atoms with Crippen LogP contribution in [0.5, 0.6) is 0 Å². The molecule has 2 unspecified atom stereocenters. The third kappa shape index (κ3) is 2.94. The third-order valence-corrected chi connectivity index (χ3v) is 4.01. The number of nitrogens with one attached hydrogen (secondary N) is 1. The van der Waals surface area contributed by atoms with Crippen LogP contribution in [0.3, 0.4) is 0 Å². The van der Waals surface area contributed by atoms with Crippen molar-refractivity contribution in [3.05, 3.63) is 42.2 Å². The normalized spacial score (nSPS) is 23.0. The summed E-state index contributed by atoms with van der Waals surface area (Å²) in [6.45, 7) is 1.83. The zero-order chi connectivity index (χ0) is 13.1. The van der Waals surface area contributed by atoms with E-state index in [9.17, 15) is 5.11 Å². The molecule has 0 saturated heterocycles. The summed E-state index contributed by atoms with van der Waals surface area (Å²) in [5.41, 5.74) is 1.25. The highest BCUT2D eigenvalue weighted by molar-refractivity contribution is 5.84. The lowest BCUT2D eigenvalue weighted by Gasteiger charge is -2.12. The Bertz CT molecular complexity index is 550. The van der Waals surface area contributed by atoms with Crippen LogP contribution in [0.4, 0.5) is 0 Å². The summed E-state index contributed by atoms with van der Waals surface area (Å²) in [7, 11) is 0. The molecule has 0 bridgehead atoms. The van der Waals surface area contributed by atoms with Crippen molar-refractivity contribution >= 4 is 10.8 Å². The van der Waals surface area contributed by atoms with Crippen molar-refractivity contribution < 1.29 is 5.11 Å². The highest BCUT2D eigenvalue weighted by atomic mass is 16.3. The Morgan fingerprint density at radius 2 is 2.11 bits per heavy atom. The van der Waals surface area contributed by atoms with Gasteiger partial charge in [-0.25, -0.2) is 0 Å². The highest BCUT2D eigenvalue weighted by Crippen LogP contribution is 2.24. The van der Waals surface area contributed by atoms with Crippen molar-refractivity contribution in [1.82, 2.24) is 10.3 Å². The van der Waals surface area contributed by atoms with Crippen LogP contribution in [0.2, 0.25) is 0 Å². The van der Waals surface area contributed by atoms with Gasteiger partial charge in [-0.15, -0.1) is 0 Å². The number of pyridine rings is 1. The van der Waals surface area contributed by atoms with Gasteiger partial charge in [-0.3, -0.25) is 4.98 Å². The molecule has 3 heteroatoms. The smallest absolute Gasteiger partial charge is 0.0543 e. The van der Waals surface area contributed by atoms with E-state index in [1.54, 1.807) is 0 Å². The van der Waals surface area contributed by atoms with Crippen LogP contribution in [0, 0.1) is 5.92 Å². The van der Waals surface area contributed by atoms with Gasteiger partial charge in [0.05, 0.1) is 6.10 Å². The predicted molar refractivity (Wildman–Crippen MR) is 76.8 cm³/mol. The van der Waals surface area contributed by atoms with Gasteiger partial charge in [-0.05, 0) is 42.7 Å². The Hall–Kier alpha value is -1.45. The van der Waals surface area contributed by atoms with Crippen molar-refractivity contribution in [2.24, 2.45) is 5.92 Å².